The second kappa shape index (κ2) is 6.91. The van der Waals surface area contributed by atoms with E-state index in [2.05, 4.69) is 10.6 Å². The van der Waals surface area contributed by atoms with Crippen LogP contribution < -0.4 is 10.6 Å². The molecular weight excluding hydrogens is 313 g/mol. The molecule has 2 amide bonds. The number of aliphatic hydroxyl groups excluding tert-OH is 1. The number of nitrogens with one attached hydrogen (secondary N) is 2. The Morgan fingerprint density at radius 1 is 1.43 bits per heavy atom. The van der Waals surface area contributed by atoms with Crippen LogP contribution in [0, 0.1) is 11.3 Å². The average molecular weight is 332 g/mol. The van der Waals surface area contributed by atoms with Crippen LogP contribution in [0.5, 0.6) is 0 Å². The molecule has 9 heteroatoms. The highest BCUT2D eigenvalue weighted by molar-refractivity contribution is 5.88. The highest BCUT2D eigenvalue weighted by Gasteiger charge is 2.37. The third kappa shape index (κ3) is 5.49. The Balaban J connectivity index is 2.65. The number of aliphatic hydroxyl groups is 1. The molecule has 1 aromatic rings. The molecule has 0 aromatic carbocycles. The summed E-state index contributed by atoms with van der Waals surface area (Å²) in [4.78, 5) is 11.7. The number of alkyl halides is 3. The predicted octanol–water partition coefficient (Wildman–Crippen LogP) is 2.55. The molecule has 0 spiro atoms. The van der Waals surface area contributed by atoms with Crippen molar-refractivity contribution in [3.05, 3.63) is 17.8 Å². The number of nitriles is 1. The van der Waals surface area contributed by atoms with Crippen molar-refractivity contribution in [2.24, 2.45) is 0 Å². The summed E-state index contributed by atoms with van der Waals surface area (Å²) in [6, 6.07) is 2.71. The van der Waals surface area contributed by atoms with Gasteiger partial charge in [0.2, 0.25) is 0 Å². The normalized spacial score (nSPS) is 13.3. The van der Waals surface area contributed by atoms with Crippen LogP contribution in [0.2, 0.25) is 0 Å². The van der Waals surface area contributed by atoms with Crippen LogP contribution in [-0.2, 0) is 5.54 Å². The van der Waals surface area contributed by atoms with E-state index in [9.17, 15) is 18.0 Å². The number of carbonyl (C=O) groups is 1. The van der Waals surface area contributed by atoms with Crippen LogP contribution >= 0.6 is 0 Å². The van der Waals surface area contributed by atoms with Gasteiger partial charge in [-0.1, -0.05) is 0 Å². The number of amides is 2. The van der Waals surface area contributed by atoms with Crippen molar-refractivity contribution in [2.75, 3.05) is 11.9 Å². The zero-order chi connectivity index (χ0) is 17.8. The fourth-order valence-electron chi connectivity index (χ4n) is 1.82. The van der Waals surface area contributed by atoms with Crippen molar-refractivity contribution in [1.29, 1.82) is 5.26 Å². The topological polar surface area (TPSA) is 90.1 Å². The summed E-state index contributed by atoms with van der Waals surface area (Å²) >= 11 is 0. The Labute approximate surface area is 131 Å². The molecule has 1 aromatic heterocycles. The van der Waals surface area contributed by atoms with Gasteiger partial charge in [0.05, 0.1) is 5.56 Å². The van der Waals surface area contributed by atoms with Gasteiger partial charge in [-0.25, -0.2) is 4.79 Å². The molecule has 3 N–H and O–H groups in total. The minimum Gasteiger partial charge on any atom is -0.384 e. The lowest BCUT2D eigenvalue weighted by atomic mass is 10.1. The fraction of sp³-hybridized carbons (Fsp3) is 0.571. The zero-order valence-corrected chi connectivity index (χ0v) is 13.0. The number of nitrogens with zero attached hydrogens (tertiary/aromatic N) is 2. The zero-order valence-electron chi connectivity index (χ0n) is 13.0. The van der Waals surface area contributed by atoms with Gasteiger partial charge in [-0.2, -0.15) is 18.4 Å². The molecule has 0 aliphatic carbocycles. The molecule has 0 saturated carbocycles. The quantitative estimate of drug-likeness (QED) is 0.791. The average Bonchev–Trinajstić information content (AvgIpc) is 2.80. The van der Waals surface area contributed by atoms with Gasteiger partial charge in [-0.3, -0.25) is 5.32 Å². The van der Waals surface area contributed by atoms with Gasteiger partial charge in [0.25, 0.3) is 0 Å². The molecule has 0 aliphatic heterocycles. The molecule has 128 valence electrons. The summed E-state index contributed by atoms with van der Waals surface area (Å²) in [5.74, 6) is 0.350. The van der Waals surface area contributed by atoms with E-state index >= 15 is 0 Å². The first kappa shape index (κ1) is 18.8. The Morgan fingerprint density at radius 3 is 2.52 bits per heavy atom. The molecular formula is C14H19F3N4O2. The maximum Gasteiger partial charge on any atom is 0.414 e. The summed E-state index contributed by atoms with van der Waals surface area (Å²) in [6.45, 7) is 5.28. The largest absolute Gasteiger partial charge is 0.414 e. The highest BCUT2D eigenvalue weighted by Crippen LogP contribution is 2.24. The smallest absolute Gasteiger partial charge is 0.384 e. The van der Waals surface area contributed by atoms with Crippen LogP contribution in [0.15, 0.2) is 12.3 Å². The number of anilines is 1. The van der Waals surface area contributed by atoms with E-state index in [4.69, 9.17) is 10.4 Å². The van der Waals surface area contributed by atoms with E-state index in [-0.39, 0.29) is 6.54 Å². The number of carbonyl (C=O) groups excluding carboxylic acids is 1. The van der Waals surface area contributed by atoms with Gasteiger partial charge < -0.3 is 15.0 Å². The molecule has 0 unspecified atom stereocenters. The predicted molar refractivity (Wildman–Crippen MR) is 77.8 cm³/mol. The maximum atomic E-state index is 12.1. The van der Waals surface area contributed by atoms with Crippen LogP contribution in [0.4, 0.5) is 23.8 Å². The van der Waals surface area contributed by atoms with E-state index in [0.29, 0.717) is 11.4 Å². The van der Waals surface area contributed by atoms with Crippen LogP contribution in [0.1, 0.15) is 32.8 Å². The van der Waals surface area contributed by atoms with E-state index < -0.39 is 30.3 Å². The molecule has 0 saturated heterocycles. The second-order valence-corrected chi connectivity index (χ2v) is 5.99. The third-order valence-electron chi connectivity index (χ3n) is 2.99. The summed E-state index contributed by atoms with van der Waals surface area (Å²) in [5, 5.41) is 22.5. The van der Waals surface area contributed by atoms with Crippen molar-refractivity contribution < 1.29 is 23.1 Å². The number of urea groups is 1. The Bertz CT molecular complexity index is 597. The van der Waals surface area contributed by atoms with Crippen molar-refractivity contribution in [3.8, 4) is 6.07 Å². The van der Waals surface area contributed by atoms with E-state index in [1.165, 1.54) is 6.07 Å². The van der Waals surface area contributed by atoms with E-state index in [1.54, 1.807) is 10.8 Å². The molecule has 0 fully saturated rings. The third-order valence-corrected chi connectivity index (χ3v) is 2.99. The second-order valence-electron chi connectivity index (χ2n) is 5.99. The molecule has 1 atom stereocenters. The fourth-order valence-corrected chi connectivity index (χ4v) is 1.82. The molecule has 6 nitrogen and oxygen atoms in total. The summed E-state index contributed by atoms with van der Waals surface area (Å²) < 4.78 is 38.1. The molecule has 0 radical (unpaired) electrons. The first-order valence-electron chi connectivity index (χ1n) is 6.87. The molecule has 1 rings (SSSR count). The van der Waals surface area contributed by atoms with Gasteiger partial charge in [-0.15, -0.1) is 0 Å². The SMILES string of the molecule is CC(C)(C)n1cc(C#N)cc1NC(=O)NCC[C@H](O)C(F)(F)F. The van der Waals surface area contributed by atoms with Gasteiger partial charge in [0.1, 0.15) is 11.9 Å². The van der Waals surface area contributed by atoms with Crippen molar-refractivity contribution in [1.82, 2.24) is 9.88 Å². The van der Waals surface area contributed by atoms with Crippen molar-refractivity contribution in [3.63, 3.8) is 0 Å². The Hall–Kier alpha value is -2.21. The highest BCUT2D eigenvalue weighted by atomic mass is 19.4. The van der Waals surface area contributed by atoms with Crippen molar-refractivity contribution >= 4 is 11.8 Å². The molecule has 0 bridgehead atoms. The molecule has 0 aliphatic rings. The number of hydrogen-bond donors (Lipinski definition) is 3. The lowest BCUT2D eigenvalue weighted by molar-refractivity contribution is -0.204. The summed E-state index contributed by atoms with van der Waals surface area (Å²) in [7, 11) is 0. The number of aromatic nitrogens is 1. The first-order valence-corrected chi connectivity index (χ1v) is 6.87. The standard InChI is InChI=1S/C14H19F3N4O2/c1-13(2,3)21-8-9(7-18)6-11(21)20-12(23)19-5-4-10(22)14(15,16)17/h6,8,10,22H,4-5H2,1-3H3,(H2,19,20,23)/t10-/m0/s1. The lowest BCUT2D eigenvalue weighted by Crippen LogP contribution is -2.36. The number of hydrogen-bond acceptors (Lipinski definition) is 3. The van der Waals surface area contributed by atoms with Crippen LogP contribution in [0.3, 0.4) is 0 Å². The minimum atomic E-state index is -4.71. The Morgan fingerprint density at radius 2 is 2.04 bits per heavy atom. The summed E-state index contributed by atoms with van der Waals surface area (Å²) in [5.41, 5.74) is -0.0489. The van der Waals surface area contributed by atoms with E-state index in [1.807, 2.05) is 26.8 Å². The number of rotatable bonds is 4. The summed E-state index contributed by atoms with van der Waals surface area (Å²) in [6.07, 6.45) is -6.25. The molecule has 1 heterocycles. The number of halogens is 3. The van der Waals surface area contributed by atoms with Gasteiger partial charge in [0.15, 0.2) is 6.10 Å². The Kier molecular flexibility index (Phi) is 5.66. The van der Waals surface area contributed by atoms with Gasteiger partial charge >= 0.3 is 12.2 Å². The lowest BCUT2D eigenvalue weighted by Gasteiger charge is -2.24. The molecule has 23 heavy (non-hydrogen) atoms. The monoisotopic (exact) mass is 332 g/mol. The van der Waals surface area contributed by atoms with E-state index in [0.717, 1.165) is 0 Å². The maximum absolute atomic E-state index is 12.1. The first-order chi connectivity index (χ1) is 10.4. The van der Waals surface area contributed by atoms with Crippen molar-refractivity contribution in [2.45, 2.75) is 45.0 Å². The van der Waals surface area contributed by atoms with Gasteiger partial charge in [-0.05, 0) is 33.3 Å². The minimum absolute atomic E-state index is 0.339. The van der Waals surface area contributed by atoms with Crippen LogP contribution in [0.25, 0.3) is 0 Å². The van der Waals surface area contributed by atoms with Gasteiger partial charge in [0, 0.05) is 18.3 Å². The van der Waals surface area contributed by atoms with Crippen LogP contribution in [-0.4, -0.2) is 34.5 Å².